The van der Waals surface area contributed by atoms with Crippen LogP contribution in [0, 0.1) is 28.8 Å². The summed E-state index contributed by atoms with van der Waals surface area (Å²) in [5.74, 6) is -3.56. The second kappa shape index (κ2) is 5.33. The molecule has 1 fully saturated rings. The molecule has 1 aliphatic rings. The minimum absolute atomic E-state index is 0.165. The van der Waals surface area contributed by atoms with Gasteiger partial charge in [0.2, 0.25) is 0 Å². The molecule has 0 spiro atoms. The summed E-state index contributed by atoms with van der Waals surface area (Å²) >= 11 is 0. The molecule has 2 rings (SSSR count). The van der Waals surface area contributed by atoms with Crippen LogP contribution in [-0.4, -0.2) is 29.5 Å². The maximum atomic E-state index is 14.1. The lowest BCUT2D eigenvalue weighted by molar-refractivity contribution is 0.0156. The fourth-order valence-electron chi connectivity index (χ4n) is 3.17. The molecule has 2 atom stereocenters. The quantitative estimate of drug-likeness (QED) is 0.665. The number of nitrogens with zero attached hydrogens (tertiary/aromatic N) is 1. The van der Waals surface area contributed by atoms with Gasteiger partial charge in [0.15, 0.2) is 11.6 Å². The van der Waals surface area contributed by atoms with Crippen molar-refractivity contribution in [1.82, 2.24) is 0 Å². The number of rotatable bonds is 3. The van der Waals surface area contributed by atoms with Crippen molar-refractivity contribution in [2.75, 3.05) is 11.4 Å². The van der Waals surface area contributed by atoms with E-state index >= 15 is 0 Å². The fourth-order valence-corrected chi connectivity index (χ4v) is 3.17. The molecule has 0 aromatic heterocycles. The first-order valence-corrected chi connectivity index (χ1v) is 6.85. The molecular weight excluding hydrogens is 281 g/mol. The van der Waals surface area contributed by atoms with Crippen molar-refractivity contribution in [2.45, 2.75) is 38.8 Å². The first kappa shape index (κ1) is 15.8. The third-order valence-electron chi connectivity index (χ3n) is 4.27. The SMILES string of the molecule is C[C@H]1[C@@H](C(C)(C)O)CCN1c1c(F)cc(C=N)c(F)c1F. The summed E-state index contributed by atoms with van der Waals surface area (Å²) in [5, 5.41) is 17.1. The Labute approximate surface area is 121 Å². The minimum atomic E-state index is -1.28. The van der Waals surface area contributed by atoms with Crippen molar-refractivity contribution in [1.29, 1.82) is 5.41 Å². The Hall–Kier alpha value is -1.56. The molecule has 0 unspecified atom stereocenters. The number of hydrogen-bond donors (Lipinski definition) is 2. The fraction of sp³-hybridized carbons (Fsp3) is 0.533. The average molecular weight is 300 g/mol. The van der Waals surface area contributed by atoms with Crippen molar-refractivity contribution in [3.8, 4) is 0 Å². The van der Waals surface area contributed by atoms with Crippen molar-refractivity contribution < 1.29 is 18.3 Å². The molecular formula is C15H19F3N2O. The number of halogens is 3. The lowest BCUT2D eigenvalue weighted by atomic mass is 9.85. The zero-order chi connectivity index (χ0) is 15.9. The number of aliphatic hydroxyl groups is 1. The molecule has 1 aromatic rings. The van der Waals surface area contributed by atoms with E-state index in [1.807, 2.05) is 0 Å². The van der Waals surface area contributed by atoms with Crippen LogP contribution < -0.4 is 4.90 Å². The van der Waals surface area contributed by atoms with E-state index in [-0.39, 0.29) is 12.0 Å². The predicted molar refractivity (Wildman–Crippen MR) is 75.4 cm³/mol. The molecule has 0 amide bonds. The van der Waals surface area contributed by atoms with Gasteiger partial charge in [-0.15, -0.1) is 0 Å². The van der Waals surface area contributed by atoms with E-state index in [4.69, 9.17) is 5.41 Å². The molecule has 0 saturated carbocycles. The van der Waals surface area contributed by atoms with Crippen molar-refractivity contribution in [3.05, 3.63) is 29.1 Å². The molecule has 6 heteroatoms. The van der Waals surface area contributed by atoms with Gasteiger partial charge in [0.25, 0.3) is 0 Å². The lowest BCUT2D eigenvalue weighted by Crippen LogP contribution is -2.40. The van der Waals surface area contributed by atoms with Crippen LogP contribution in [0.4, 0.5) is 18.9 Å². The Bertz CT molecular complexity index is 569. The molecule has 0 bridgehead atoms. The van der Waals surface area contributed by atoms with Crippen LogP contribution in [0.2, 0.25) is 0 Å². The van der Waals surface area contributed by atoms with E-state index in [9.17, 15) is 18.3 Å². The lowest BCUT2D eigenvalue weighted by Gasteiger charge is -2.33. The van der Waals surface area contributed by atoms with Gasteiger partial charge >= 0.3 is 0 Å². The Kier molecular flexibility index (Phi) is 4.02. The molecule has 0 radical (unpaired) electrons. The molecule has 21 heavy (non-hydrogen) atoms. The third-order valence-corrected chi connectivity index (χ3v) is 4.27. The maximum absolute atomic E-state index is 14.1. The van der Waals surface area contributed by atoms with Gasteiger partial charge in [0, 0.05) is 30.3 Å². The van der Waals surface area contributed by atoms with Crippen molar-refractivity contribution >= 4 is 11.9 Å². The third kappa shape index (κ3) is 2.64. The topological polar surface area (TPSA) is 47.3 Å². The number of anilines is 1. The molecule has 1 aromatic carbocycles. The van der Waals surface area contributed by atoms with Crippen LogP contribution in [0.25, 0.3) is 0 Å². The first-order valence-electron chi connectivity index (χ1n) is 6.85. The first-order chi connectivity index (χ1) is 9.68. The monoisotopic (exact) mass is 300 g/mol. The highest BCUT2D eigenvalue weighted by Gasteiger charge is 2.41. The normalized spacial score (nSPS) is 22.7. The van der Waals surface area contributed by atoms with Gasteiger partial charge in [-0.25, -0.2) is 13.2 Å². The standard InChI is InChI=1S/C15H19F3N2O/c1-8-10(15(2,3)21)4-5-20(8)14-11(16)6-9(7-19)12(17)13(14)18/h6-8,10,19,21H,4-5H2,1-3H3/t8-,10-/m0/s1. The smallest absolute Gasteiger partial charge is 0.185 e. The average Bonchev–Trinajstić information content (AvgIpc) is 2.76. The van der Waals surface area contributed by atoms with E-state index in [1.165, 1.54) is 4.90 Å². The molecule has 1 heterocycles. The van der Waals surface area contributed by atoms with E-state index < -0.39 is 34.3 Å². The van der Waals surface area contributed by atoms with E-state index in [1.54, 1.807) is 20.8 Å². The maximum Gasteiger partial charge on any atom is 0.185 e. The van der Waals surface area contributed by atoms with Gasteiger partial charge in [0.05, 0.1) is 5.60 Å². The van der Waals surface area contributed by atoms with E-state index in [2.05, 4.69) is 0 Å². The highest BCUT2D eigenvalue weighted by atomic mass is 19.2. The number of hydrogen-bond acceptors (Lipinski definition) is 3. The zero-order valence-electron chi connectivity index (χ0n) is 12.3. The van der Waals surface area contributed by atoms with Gasteiger partial charge in [-0.05, 0) is 33.3 Å². The van der Waals surface area contributed by atoms with Gasteiger partial charge in [0.1, 0.15) is 11.5 Å². The molecule has 0 aliphatic carbocycles. The highest BCUT2D eigenvalue weighted by Crippen LogP contribution is 2.38. The van der Waals surface area contributed by atoms with Crippen LogP contribution >= 0.6 is 0 Å². The summed E-state index contributed by atoms with van der Waals surface area (Å²) < 4.78 is 42.0. The predicted octanol–water partition coefficient (Wildman–Crippen LogP) is 3.09. The minimum Gasteiger partial charge on any atom is -0.390 e. The summed E-state index contributed by atoms with van der Waals surface area (Å²) in [6, 6.07) is 0.504. The number of nitrogens with one attached hydrogen (secondary N) is 1. The summed E-state index contributed by atoms with van der Waals surface area (Å²) in [6.07, 6.45) is 1.15. The summed E-state index contributed by atoms with van der Waals surface area (Å²) in [6.45, 7) is 5.41. The zero-order valence-corrected chi connectivity index (χ0v) is 12.3. The molecule has 2 N–H and O–H groups in total. The van der Waals surface area contributed by atoms with Crippen molar-refractivity contribution in [3.63, 3.8) is 0 Å². The van der Waals surface area contributed by atoms with Crippen molar-refractivity contribution in [2.24, 2.45) is 5.92 Å². The second-order valence-electron chi connectivity index (χ2n) is 6.05. The summed E-state index contributed by atoms with van der Waals surface area (Å²) in [7, 11) is 0. The van der Waals surface area contributed by atoms with E-state index in [0.717, 1.165) is 6.07 Å². The summed E-state index contributed by atoms with van der Waals surface area (Å²) in [4.78, 5) is 1.45. The molecule has 1 saturated heterocycles. The Morgan fingerprint density at radius 3 is 2.43 bits per heavy atom. The van der Waals surface area contributed by atoms with Gasteiger partial charge in [-0.3, -0.25) is 0 Å². The van der Waals surface area contributed by atoms with Gasteiger partial charge in [-0.2, -0.15) is 0 Å². The Balaban J connectivity index is 2.45. The Morgan fingerprint density at radius 1 is 1.33 bits per heavy atom. The molecule has 116 valence electrons. The molecule has 1 aliphatic heterocycles. The van der Waals surface area contributed by atoms with Crippen LogP contribution in [0.1, 0.15) is 32.8 Å². The van der Waals surface area contributed by atoms with Crippen LogP contribution in [-0.2, 0) is 0 Å². The Morgan fingerprint density at radius 2 is 1.95 bits per heavy atom. The van der Waals surface area contributed by atoms with Gasteiger partial charge < -0.3 is 15.4 Å². The largest absolute Gasteiger partial charge is 0.390 e. The second-order valence-corrected chi connectivity index (χ2v) is 6.05. The van der Waals surface area contributed by atoms with Crippen LogP contribution in [0.15, 0.2) is 6.07 Å². The highest BCUT2D eigenvalue weighted by molar-refractivity contribution is 5.78. The van der Waals surface area contributed by atoms with Crippen LogP contribution in [0.5, 0.6) is 0 Å². The molecule has 3 nitrogen and oxygen atoms in total. The number of benzene rings is 1. The van der Waals surface area contributed by atoms with Gasteiger partial charge in [-0.1, -0.05) is 0 Å². The van der Waals surface area contributed by atoms with E-state index in [0.29, 0.717) is 19.2 Å². The van der Waals surface area contributed by atoms with Crippen LogP contribution in [0.3, 0.4) is 0 Å². The summed E-state index contributed by atoms with van der Waals surface area (Å²) in [5.41, 5.74) is -1.81.